The molecule has 0 aliphatic carbocycles. The summed E-state index contributed by atoms with van der Waals surface area (Å²) >= 11 is 0. The SMILES string of the molecule is CC(=O)CC(=O)Nc1ccc2c(c1)n(C1CC(C)(C)NC(C)(C)C1)c(=O)n2C1CC(C)(C)NC(C)(C)C1. The fourth-order valence-corrected chi connectivity index (χ4v) is 7.36. The van der Waals surface area contributed by atoms with Crippen LogP contribution in [0.4, 0.5) is 5.69 Å². The number of imidazole rings is 1. The van der Waals surface area contributed by atoms with Crippen molar-refractivity contribution in [2.24, 2.45) is 0 Å². The van der Waals surface area contributed by atoms with E-state index >= 15 is 0 Å². The molecule has 3 heterocycles. The highest BCUT2D eigenvalue weighted by atomic mass is 16.2. The number of hydrogen-bond acceptors (Lipinski definition) is 5. The second-order valence-electron chi connectivity index (χ2n) is 14.1. The number of benzene rings is 1. The number of carbonyl (C=O) groups is 2. The van der Waals surface area contributed by atoms with Gasteiger partial charge in [-0.05, 0) is 106 Å². The van der Waals surface area contributed by atoms with Crippen molar-refractivity contribution in [3.05, 3.63) is 28.7 Å². The lowest BCUT2D eigenvalue weighted by Gasteiger charge is -2.47. The molecular weight excluding hydrogens is 466 g/mol. The van der Waals surface area contributed by atoms with Crippen molar-refractivity contribution < 1.29 is 9.59 Å². The molecule has 2 aliphatic heterocycles. The van der Waals surface area contributed by atoms with E-state index in [0.717, 1.165) is 36.7 Å². The lowest BCUT2D eigenvalue weighted by atomic mass is 9.79. The average Bonchev–Trinajstić information content (AvgIpc) is 2.93. The van der Waals surface area contributed by atoms with E-state index in [1.54, 1.807) is 0 Å². The summed E-state index contributed by atoms with van der Waals surface area (Å²) in [7, 11) is 0. The molecule has 37 heavy (non-hydrogen) atoms. The molecule has 0 atom stereocenters. The minimum absolute atomic E-state index is 0.00778. The number of hydrogen-bond donors (Lipinski definition) is 3. The first-order valence-electron chi connectivity index (χ1n) is 13.5. The zero-order valence-electron chi connectivity index (χ0n) is 24.0. The first-order valence-corrected chi connectivity index (χ1v) is 13.5. The fourth-order valence-electron chi connectivity index (χ4n) is 7.36. The van der Waals surface area contributed by atoms with E-state index in [-0.39, 0.29) is 58.0 Å². The number of piperidine rings is 2. The first-order chi connectivity index (χ1) is 16.9. The number of aromatic nitrogens is 2. The summed E-state index contributed by atoms with van der Waals surface area (Å²) < 4.78 is 3.98. The Morgan fingerprint density at radius 3 is 1.68 bits per heavy atom. The van der Waals surface area contributed by atoms with Gasteiger partial charge in [0, 0.05) is 39.9 Å². The highest BCUT2D eigenvalue weighted by Crippen LogP contribution is 2.40. The van der Waals surface area contributed by atoms with Gasteiger partial charge in [0.1, 0.15) is 5.78 Å². The Kier molecular flexibility index (Phi) is 6.77. The van der Waals surface area contributed by atoms with E-state index in [9.17, 15) is 14.4 Å². The Bertz CT molecular complexity index is 1250. The molecule has 8 nitrogen and oxygen atoms in total. The van der Waals surface area contributed by atoms with Crippen molar-refractivity contribution in [2.45, 2.75) is 129 Å². The predicted octanol–water partition coefficient (Wildman–Crippen LogP) is 4.68. The average molecular weight is 512 g/mol. The molecule has 1 aromatic carbocycles. The van der Waals surface area contributed by atoms with E-state index in [1.165, 1.54) is 6.92 Å². The van der Waals surface area contributed by atoms with Crippen molar-refractivity contribution in [3.63, 3.8) is 0 Å². The molecule has 0 spiro atoms. The summed E-state index contributed by atoms with van der Waals surface area (Å²) in [6.45, 7) is 19.0. The highest BCUT2D eigenvalue weighted by Gasteiger charge is 2.42. The van der Waals surface area contributed by atoms with Gasteiger partial charge in [-0.1, -0.05) is 0 Å². The maximum absolute atomic E-state index is 14.4. The Morgan fingerprint density at radius 1 is 0.811 bits per heavy atom. The van der Waals surface area contributed by atoms with Crippen LogP contribution in [0, 0.1) is 0 Å². The topological polar surface area (TPSA) is 97.2 Å². The number of fused-ring (bicyclic) bond motifs is 1. The van der Waals surface area contributed by atoms with Gasteiger partial charge in [0.25, 0.3) is 0 Å². The molecule has 2 saturated heterocycles. The van der Waals surface area contributed by atoms with Gasteiger partial charge in [-0.3, -0.25) is 18.7 Å². The summed E-state index contributed by atoms with van der Waals surface area (Å²) in [4.78, 5) is 38.2. The number of amides is 1. The largest absolute Gasteiger partial charge is 0.329 e. The van der Waals surface area contributed by atoms with Crippen molar-refractivity contribution >= 4 is 28.4 Å². The molecule has 0 radical (unpaired) electrons. The minimum Gasteiger partial charge on any atom is -0.326 e. The summed E-state index contributed by atoms with van der Waals surface area (Å²) in [5.74, 6) is -0.525. The van der Waals surface area contributed by atoms with Gasteiger partial charge < -0.3 is 16.0 Å². The molecule has 2 aromatic rings. The third kappa shape index (κ3) is 6.01. The number of anilines is 1. The first kappa shape index (κ1) is 27.6. The van der Waals surface area contributed by atoms with Gasteiger partial charge >= 0.3 is 5.69 Å². The summed E-state index contributed by atoms with van der Waals surface area (Å²) in [6, 6.07) is 5.76. The van der Waals surface area contributed by atoms with Crippen molar-refractivity contribution in [2.75, 3.05) is 5.32 Å². The molecule has 204 valence electrons. The number of nitrogens with one attached hydrogen (secondary N) is 3. The second-order valence-corrected chi connectivity index (χ2v) is 14.1. The molecule has 1 aromatic heterocycles. The number of Topliss-reactive ketones (excluding diaryl/α,β-unsaturated/α-hetero) is 1. The van der Waals surface area contributed by atoms with E-state index in [2.05, 4.69) is 71.3 Å². The number of carbonyl (C=O) groups excluding carboxylic acids is 2. The smallest absolute Gasteiger partial charge is 0.326 e. The van der Waals surface area contributed by atoms with Crippen LogP contribution in [0.3, 0.4) is 0 Å². The second kappa shape index (κ2) is 9.09. The third-order valence-corrected chi connectivity index (χ3v) is 7.67. The quantitative estimate of drug-likeness (QED) is 0.506. The highest BCUT2D eigenvalue weighted by molar-refractivity contribution is 6.04. The van der Waals surface area contributed by atoms with Crippen LogP contribution < -0.4 is 21.6 Å². The maximum atomic E-state index is 14.4. The van der Waals surface area contributed by atoms with Crippen molar-refractivity contribution in [1.82, 2.24) is 19.8 Å². The predicted molar refractivity (Wildman–Crippen MR) is 149 cm³/mol. The Hall–Kier alpha value is -2.45. The van der Waals surface area contributed by atoms with Gasteiger partial charge in [0.2, 0.25) is 5.91 Å². The minimum atomic E-state index is -0.342. The maximum Gasteiger partial charge on any atom is 0.329 e. The van der Waals surface area contributed by atoms with Gasteiger partial charge in [-0.2, -0.15) is 0 Å². The Balaban J connectivity index is 1.88. The number of ketones is 1. The molecule has 2 fully saturated rings. The van der Waals surface area contributed by atoms with Gasteiger partial charge in [-0.25, -0.2) is 4.79 Å². The van der Waals surface area contributed by atoms with E-state index < -0.39 is 0 Å². The molecular formula is C29H45N5O3. The molecule has 8 heteroatoms. The molecule has 2 aliphatic rings. The normalized spacial score (nSPS) is 23.2. The Morgan fingerprint density at radius 2 is 1.24 bits per heavy atom. The van der Waals surface area contributed by atoms with Gasteiger partial charge in [0.15, 0.2) is 0 Å². The van der Waals surface area contributed by atoms with E-state index in [4.69, 9.17) is 0 Å². The van der Waals surface area contributed by atoms with Crippen LogP contribution in [0.25, 0.3) is 11.0 Å². The standard InChI is InChI=1S/C29H45N5O3/c1-18(35)12-24(36)30-19-10-11-22-23(13-19)34(21-16-28(6,7)32-29(8,9)17-21)25(37)33(22)20-14-26(2,3)31-27(4,5)15-20/h10-11,13,20-21,31-32H,12,14-17H2,1-9H3,(H,30,36). The monoisotopic (exact) mass is 511 g/mol. The summed E-state index contributed by atoms with van der Waals surface area (Å²) in [5, 5.41) is 10.3. The summed E-state index contributed by atoms with van der Waals surface area (Å²) in [5.41, 5.74) is 1.85. The number of nitrogens with zero attached hydrogens (tertiary/aromatic N) is 2. The molecule has 4 rings (SSSR count). The lowest BCUT2D eigenvalue weighted by Crippen LogP contribution is -2.59. The zero-order valence-corrected chi connectivity index (χ0v) is 24.0. The van der Waals surface area contributed by atoms with Gasteiger partial charge in [0.05, 0.1) is 17.5 Å². The van der Waals surface area contributed by atoms with Crippen LogP contribution in [0.5, 0.6) is 0 Å². The van der Waals surface area contributed by atoms with Crippen LogP contribution in [-0.2, 0) is 9.59 Å². The van der Waals surface area contributed by atoms with Crippen molar-refractivity contribution in [3.8, 4) is 0 Å². The van der Waals surface area contributed by atoms with Crippen molar-refractivity contribution in [1.29, 1.82) is 0 Å². The fraction of sp³-hybridized carbons (Fsp3) is 0.690. The molecule has 0 unspecified atom stereocenters. The lowest BCUT2D eigenvalue weighted by molar-refractivity contribution is -0.124. The summed E-state index contributed by atoms with van der Waals surface area (Å²) in [6.07, 6.45) is 3.16. The zero-order chi connectivity index (χ0) is 27.6. The third-order valence-electron chi connectivity index (χ3n) is 7.67. The van der Waals surface area contributed by atoms with E-state index in [0.29, 0.717) is 5.69 Å². The van der Waals surface area contributed by atoms with Crippen LogP contribution in [-0.4, -0.2) is 43.0 Å². The van der Waals surface area contributed by atoms with Gasteiger partial charge in [-0.15, -0.1) is 0 Å². The molecule has 0 bridgehead atoms. The molecule has 1 amide bonds. The van der Waals surface area contributed by atoms with Crippen LogP contribution in [0.2, 0.25) is 0 Å². The van der Waals surface area contributed by atoms with Crippen LogP contribution >= 0.6 is 0 Å². The Labute approximate surface area is 220 Å². The van der Waals surface area contributed by atoms with Crippen LogP contribution in [0.1, 0.15) is 107 Å². The van der Waals surface area contributed by atoms with E-state index in [1.807, 2.05) is 27.3 Å². The molecule has 3 N–H and O–H groups in total. The molecule has 0 saturated carbocycles. The van der Waals surface area contributed by atoms with Crippen LogP contribution in [0.15, 0.2) is 23.0 Å². The number of rotatable bonds is 5.